The van der Waals surface area contributed by atoms with Gasteiger partial charge in [-0.05, 0) is 27.7 Å². The van der Waals surface area contributed by atoms with E-state index in [1.807, 2.05) is 13.8 Å². The van der Waals surface area contributed by atoms with Crippen LogP contribution in [0.25, 0.3) is 0 Å². The third kappa shape index (κ3) is 4.51. The zero-order valence-corrected chi connectivity index (χ0v) is 10.8. The summed E-state index contributed by atoms with van der Waals surface area (Å²) in [5.74, 6) is 0. The number of nitrogens with one attached hydrogen (secondary N) is 1. The summed E-state index contributed by atoms with van der Waals surface area (Å²) in [4.78, 5) is 0. The lowest BCUT2D eigenvalue weighted by atomic mass is 10.4. The first-order chi connectivity index (χ1) is 6.46. The Balaban J connectivity index is 4.47. The molecule has 0 unspecified atom stereocenters. The van der Waals surface area contributed by atoms with Gasteiger partial charge >= 0.3 is 7.60 Å². The third-order valence-corrected chi connectivity index (χ3v) is 3.87. The monoisotopic (exact) mass is 239 g/mol. The Bertz CT molecular complexity index is 223. The Morgan fingerprint density at radius 1 is 1.36 bits per heavy atom. The van der Waals surface area contributed by atoms with Crippen LogP contribution in [-0.2, 0) is 13.6 Å². The summed E-state index contributed by atoms with van der Waals surface area (Å²) < 4.78 is 22.3. The smallest absolute Gasteiger partial charge is 0.367 e. The Morgan fingerprint density at radius 2 is 1.79 bits per heavy atom. The van der Waals surface area contributed by atoms with Gasteiger partial charge in [0.15, 0.2) is 4.73 Å². The molecule has 0 spiro atoms. The maximum absolute atomic E-state index is 12.0. The van der Waals surface area contributed by atoms with Crippen LogP contribution in [0.4, 0.5) is 0 Å². The minimum Gasteiger partial charge on any atom is -0.367 e. The standard InChI is InChI=1S/C8H18NO3PS/c1-5-11-13(10,12-6-2)8(14)9-7(3)4/h7H,5-6H2,1-4H3,(H,9,14). The van der Waals surface area contributed by atoms with E-state index in [1.165, 1.54) is 0 Å². The first kappa shape index (κ1) is 14.0. The molecule has 0 bridgehead atoms. The largest absolute Gasteiger partial charge is 0.388 e. The van der Waals surface area contributed by atoms with Gasteiger partial charge in [0.05, 0.1) is 13.2 Å². The van der Waals surface area contributed by atoms with Crippen LogP contribution in [0.2, 0.25) is 0 Å². The molecule has 84 valence electrons. The van der Waals surface area contributed by atoms with E-state index >= 15 is 0 Å². The second kappa shape index (κ2) is 6.51. The zero-order chi connectivity index (χ0) is 11.2. The fraction of sp³-hybridized carbons (Fsp3) is 0.875. The van der Waals surface area contributed by atoms with Gasteiger partial charge in [-0.3, -0.25) is 4.57 Å². The van der Waals surface area contributed by atoms with Gasteiger partial charge in [0.25, 0.3) is 0 Å². The molecular weight excluding hydrogens is 221 g/mol. The van der Waals surface area contributed by atoms with E-state index < -0.39 is 7.60 Å². The van der Waals surface area contributed by atoms with Gasteiger partial charge in [-0.15, -0.1) is 0 Å². The second-order valence-corrected chi connectivity index (χ2v) is 5.61. The lowest BCUT2D eigenvalue weighted by molar-refractivity contribution is 0.232. The molecule has 0 radical (unpaired) electrons. The summed E-state index contributed by atoms with van der Waals surface area (Å²) in [7, 11) is -3.24. The highest BCUT2D eigenvalue weighted by molar-refractivity contribution is 7.97. The molecule has 0 amide bonds. The second-order valence-electron chi connectivity index (χ2n) is 2.94. The fourth-order valence-corrected chi connectivity index (χ4v) is 2.78. The van der Waals surface area contributed by atoms with Crippen molar-refractivity contribution in [2.24, 2.45) is 0 Å². The van der Waals surface area contributed by atoms with E-state index in [2.05, 4.69) is 5.32 Å². The lowest BCUT2D eigenvalue weighted by Crippen LogP contribution is -2.29. The molecule has 0 aromatic heterocycles. The number of rotatable bonds is 6. The van der Waals surface area contributed by atoms with Gasteiger partial charge in [0.2, 0.25) is 0 Å². The number of thiocarbonyl (C=S) groups is 1. The molecular formula is C8H18NO3PS. The van der Waals surface area contributed by atoms with E-state index in [-0.39, 0.29) is 10.8 Å². The summed E-state index contributed by atoms with van der Waals surface area (Å²) >= 11 is 4.97. The molecule has 4 nitrogen and oxygen atoms in total. The minimum absolute atomic E-state index is 0.122. The van der Waals surface area contributed by atoms with E-state index in [0.29, 0.717) is 13.2 Å². The maximum atomic E-state index is 12.0. The van der Waals surface area contributed by atoms with Crippen molar-refractivity contribution in [3.63, 3.8) is 0 Å². The molecule has 0 aromatic carbocycles. The lowest BCUT2D eigenvalue weighted by Gasteiger charge is -2.20. The number of hydrogen-bond acceptors (Lipinski definition) is 4. The fourth-order valence-electron chi connectivity index (χ4n) is 0.820. The van der Waals surface area contributed by atoms with Gasteiger partial charge < -0.3 is 14.4 Å². The first-order valence-corrected chi connectivity index (χ1v) is 6.61. The predicted octanol–water partition coefficient (Wildman–Crippen LogP) is 2.54. The molecule has 0 aliphatic carbocycles. The van der Waals surface area contributed by atoms with Gasteiger partial charge in [0.1, 0.15) is 0 Å². The SMILES string of the molecule is CCOP(=O)(OCC)C(=S)NC(C)C. The summed E-state index contributed by atoms with van der Waals surface area (Å²) in [5.41, 5.74) is 0. The van der Waals surface area contributed by atoms with Crippen molar-refractivity contribution in [3.8, 4) is 0 Å². The van der Waals surface area contributed by atoms with Crippen LogP contribution < -0.4 is 5.32 Å². The molecule has 0 saturated heterocycles. The average Bonchev–Trinajstić information content (AvgIpc) is 2.03. The molecule has 0 aliphatic heterocycles. The summed E-state index contributed by atoms with van der Waals surface area (Å²) in [6.45, 7) is 7.96. The Kier molecular flexibility index (Phi) is 6.53. The van der Waals surface area contributed by atoms with E-state index in [9.17, 15) is 4.57 Å². The van der Waals surface area contributed by atoms with Crippen LogP contribution in [-0.4, -0.2) is 24.0 Å². The zero-order valence-electron chi connectivity index (χ0n) is 9.07. The normalized spacial score (nSPS) is 11.8. The van der Waals surface area contributed by atoms with Crippen LogP contribution in [0.1, 0.15) is 27.7 Å². The van der Waals surface area contributed by atoms with Crippen molar-refractivity contribution in [2.75, 3.05) is 13.2 Å². The van der Waals surface area contributed by atoms with Gasteiger partial charge in [0, 0.05) is 6.04 Å². The highest BCUT2D eigenvalue weighted by atomic mass is 32.1. The summed E-state index contributed by atoms with van der Waals surface area (Å²) in [6.07, 6.45) is 0. The van der Waals surface area contributed by atoms with Crippen molar-refractivity contribution in [2.45, 2.75) is 33.7 Å². The highest BCUT2D eigenvalue weighted by Crippen LogP contribution is 2.48. The molecule has 1 N–H and O–H groups in total. The summed E-state index contributed by atoms with van der Waals surface area (Å²) in [6, 6.07) is 0.122. The van der Waals surface area contributed by atoms with E-state index in [1.54, 1.807) is 13.8 Å². The van der Waals surface area contributed by atoms with Crippen LogP contribution in [0.15, 0.2) is 0 Å². The van der Waals surface area contributed by atoms with Gasteiger partial charge in [-0.1, -0.05) is 12.2 Å². The van der Waals surface area contributed by atoms with Crippen molar-refractivity contribution < 1.29 is 13.6 Å². The van der Waals surface area contributed by atoms with E-state index in [4.69, 9.17) is 21.3 Å². The molecule has 6 heteroatoms. The van der Waals surface area contributed by atoms with Crippen LogP contribution >= 0.6 is 19.8 Å². The summed E-state index contributed by atoms with van der Waals surface area (Å²) in [5, 5.41) is 2.87. The topological polar surface area (TPSA) is 47.6 Å². The first-order valence-electron chi connectivity index (χ1n) is 4.66. The van der Waals surface area contributed by atoms with E-state index in [0.717, 1.165) is 0 Å². The maximum Gasteiger partial charge on any atom is 0.388 e. The van der Waals surface area contributed by atoms with Crippen molar-refractivity contribution >= 4 is 24.5 Å². The molecule has 0 saturated carbocycles. The molecule has 0 atom stereocenters. The van der Waals surface area contributed by atoms with Crippen LogP contribution in [0.5, 0.6) is 0 Å². The van der Waals surface area contributed by atoms with Crippen LogP contribution in [0.3, 0.4) is 0 Å². The molecule has 0 aliphatic rings. The molecule has 14 heavy (non-hydrogen) atoms. The minimum atomic E-state index is -3.24. The molecule has 0 heterocycles. The Morgan fingerprint density at radius 3 is 2.07 bits per heavy atom. The predicted molar refractivity (Wildman–Crippen MR) is 61.7 cm³/mol. The van der Waals surface area contributed by atoms with Crippen molar-refractivity contribution in [3.05, 3.63) is 0 Å². The Hall–Kier alpha value is 0.0400. The highest BCUT2D eigenvalue weighted by Gasteiger charge is 2.30. The molecule has 0 fully saturated rings. The quantitative estimate of drug-likeness (QED) is 0.570. The number of hydrogen-bond donors (Lipinski definition) is 1. The van der Waals surface area contributed by atoms with Crippen LogP contribution in [0, 0.1) is 0 Å². The molecule has 0 rings (SSSR count). The van der Waals surface area contributed by atoms with Crippen molar-refractivity contribution in [1.29, 1.82) is 0 Å². The molecule has 0 aromatic rings. The van der Waals surface area contributed by atoms with Gasteiger partial charge in [-0.2, -0.15) is 0 Å². The Labute approximate surface area is 90.9 Å². The average molecular weight is 239 g/mol. The third-order valence-electron chi connectivity index (χ3n) is 1.26. The van der Waals surface area contributed by atoms with Gasteiger partial charge in [-0.25, -0.2) is 0 Å². The van der Waals surface area contributed by atoms with Crippen molar-refractivity contribution in [1.82, 2.24) is 5.32 Å².